The topological polar surface area (TPSA) is 32.5 Å². The van der Waals surface area contributed by atoms with Crippen LogP contribution in [0.1, 0.15) is 112 Å². The molecule has 0 saturated heterocycles. The molecule has 4 heterocycles. The predicted molar refractivity (Wildman–Crippen MR) is 167 cm³/mol. The SMILES string of the molecule is CCC(C)c1cc[n+]2c(c1)C(c1ccccc1)N=C2C(C)(C)C1=NC(c2ccccc2)c2cc(C(C)CC)cc[n+]21. The van der Waals surface area contributed by atoms with Gasteiger partial charge in [-0.2, -0.15) is 9.13 Å². The largest absolute Gasteiger partial charge is 0.316 e. The smallest absolute Gasteiger partial charge is 0.199 e. The second-order valence-corrected chi connectivity index (χ2v) is 12.3. The first-order chi connectivity index (χ1) is 19.8. The number of aliphatic imine (C=N–C) groups is 2. The zero-order chi connectivity index (χ0) is 28.7. The molecular formula is C37H42N4+2. The summed E-state index contributed by atoms with van der Waals surface area (Å²) >= 11 is 0. The van der Waals surface area contributed by atoms with Crippen LogP contribution in [0.15, 0.2) is 107 Å². The first kappa shape index (κ1) is 27.3. The Labute approximate surface area is 245 Å². The lowest BCUT2D eigenvalue weighted by Gasteiger charge is -2.18. The first-order valence-electron chi connectivity index (χ1n) is 15.2. The lowest BCUT2D eigenvalue weighted by molar-refractivity contribution is -0.578. The van der Waals surface area contributed by atoms with E-state index in [2.05, 4.69) is 148 Å². The molecule has 0 amide bonds. The van der Waals surface area contributed by atoms with Crippen LogP contribution in [-0.2, 0) is 0 Å². The highest BCUT2D eigenvalue weighted by Gasteiger charge is 2.54. The summed E-state index contributed by atoms with van der Waals surface area (Å²) in [7, 11) is 0. The molecule has 4 atom stereocenters. The van der Waals surface area contributed by atoms with Crippen molar-refractivity contribution in [2.24, 2.45) is 15.4 Å². The molecule has 0 bridgehead atoms. The molecule has 0 aliphatic carbocycles. The van der Waals surface area contributed by atoms with Gasteiger partial charge in [-0.15, -0.1) is 0 Å². The fourth-order valence-corrected chi connectivity index (χ4v) is 6.25. The number of rotatable bonds is 8. The van der Waals surface area contributed by atoms with Crippen molar-refractivity contribution in [1.82, 2.24) is 0 Å². The summed E-state index contributed by atoms with van der Waals surface area (Å²) in [5.41, 5.74) is 7.19. The van der Waals surface area contributed by atoms with Gasteiger partial charge in [0, 0.05) is 11.1 Å². The fraction of sp³-hybridized carbons (Fsp3) is 0.351. The number of hydrogen-bond acceptors (Lipinski definition) is 2. The van der Waals surface area contributed by atoms with E-state index in [1.165, 1.54) is 33.6 Å². The Morgan fingerprint density at radius 3 is 1.39 bits per heavy atom. The van der Waals surface area contributed by atoms with Crippen LogP contribution in [0, 0.1) is 5.41 Å². The molecule has 208 valence electrons. The average Bonchev–Trinajstić information content (AvgIpc) is 3.60. The number of benzene rings is 2. The zero-order valence-electron chi connectivity index (χ0n) is 25.3. The first-order valence-corrected chi connectivity index (χ1v) is 15.2. The Balaban J connectivity index is 1.50. The molecule has 2 aliphatic rings. The van der Waals surface area contributed by atoms with Crippen LogP contribution in [0.2, 0.25) is 0 Å². The Hall–Kier alpha value is -3.92. The predicted octanol–water partition coefficient (Wildman–Crippen LogP) is 7.71. The van der Waals surface area contributed by atoms with Gasteiger partial charge in [-0.1, -0.05) is 98.3 Å². The third-order valence-corrected chi connectivity index (χ3v) is 9.25. The highest BCUT2D eigenvalue weighted by atomic mass is 15.2. The van der Waals surface area contributed by atoms with E-state index in [4.69, 9.17) is 9.98 Å². The minimum Gasteiger partial charge on any atom is -0.199 e. The van der Waals surface area contributed by atoms with Gasteiger partial charge in [0.15, 0.2) is 16.8 Å². The van der Waals surface area contributed by atoms with E-state index >= 15 is 0 Å². The summed E-state index contributed by atoms with van der Waals surface area (Å²) in [5.74, 6) is 3.08. The van der Waals surface area contributed by atoms with E-state index in [1.807, 2.05) is 0 Å². The summed E-state index contributed by atoms with van der Waals surface area (Å²) in [6.45, 7) is 13.7. The maximum atomic E-state index is 5.48. The number of aromatic nitrogens is 2. The van der Waals surface area contributed by atoms with Gasteiger partial charge < -0.3 is 0 Å². The van der Waals surface area contributed by atoms with Gasteiger partial charge in [0.2, 0.25) is 12.1 Å². The molecule has 2 aromatic carbocycles. The molecule has 0 spiro atoms. The van der Waals surface area contributed by atoms with Crippen molar-refractivity contribution in [2.45, 2.75) is 78.3 Å². The van der Waals surface area contributed by atoms with Crippen molar-refractivity contribution >= 4 is 11.7 Å². The fourth-order valence-electron chi connectivity index (χ4n) is 6.25. The van der Waals surface area contributed by atoms with Crippen molar-refractivity contribution in [1.29, 1.82) is 0 Å². The van der Waals surface area contributed by atoms with E-state index < -0.39 is 5.41 Å². The minimum absolute atomic E-state index is 0.0429. The summed E-state index contributed by atoms with van der Waals surface area (Å²) in [5, 5.41) is 0. The molecule has 0 radical (unpaired) electrons. The van der Waals surface area contributed by atoms with Crippen LogP contribution in [0.3, 0.4) is 0 Å². The van der Waals surface area contributed by atoms with Crippen molar-refractivity contribution in [2.75, 3.05) is 0 Å². The molecular weight excluding hydrogens is 500 g/mol. The second kappa shape index (κ2) is 10.8. The summed E-state index contributed by atoms with van der Waals surface area (Å²) in [4.78, 5) is 11.0. The van der Waals surface area contributed by atoms with Crippen LogP contribution in [0.25, 0.3) is 0 Å². The van der Waals surface area contributed by atoms with Gasteiger partial charge in [-0.25, -0.2) is 0 Å². The summed E-state index contributed by atoms with van der Waals surface area (Å²) in [6.07, 6.45) is 6.70. The standard InChI is InChI=1S/C37H42N4/c1-7-25(3)29-19-21-40-31(23-29)33(27-15-11-9-12-16-27)38-35(40)37(5,6)36-39-34(28-17-13-10-14-18-28)32-24-30(26(4)8-2)20-22-41(32)36/h9-26,33-34H,7-8H2,1-6H3/q+2. The summed E-state index contributed by atoms with van der Waals surface area (Å²) in [6, 6.07) is 30.6. The van der Waals surface area contributed by atoms with E-state index in [1.54, 1.807) is 0 Å². The molecule has 4 aromatic rings. The lowest BCUT2D eigenvalue weighted by Crippen LogP contribution is -2.60. The number of hydrogen-bond donors (Lipinski definition) is 0. The van der Waals surface area contributed by atoms with E-state index in [9.17, 15) is 0 Å². The van der Waals surface area contributed by atoms with Gasteiger partial charge in [0.05, 0.1) is 12.4 Å². The molecule has 4 unspecified atom stereocenters. The van der Waals surface area contributed by atoms with Crippen LogP contribution >= 0.6 is 0 Å². The third-order valence-electron chi connectivity index (χ3n) is 9.25. The lowest BCUT2D eigenvalue weighted by atomic mass is 9.89. The van der Waals surface area contributed by atoms with Crippen LogP contribution in [0.4, 0.5) is 0 Å². The molecule has 41 heavy (non-hydrogen) atoms. The monoisotopic (exact) mass is 542 g/mol. The second-order valence-electron chi connectivity index (χ2n) is 12.3. The van der Waals surface area contributed by atoms with Gasteiger partial charge in [-0.05, 0) is 73.9 Å². The van der Waals surface area contributed by atoms with Gasteiger partial charge >= 0.3 is 11.7 Å². The van der Waals surface area contributed by atoms with Gasteiger partial charge in [0.25, 0.3) is 0 Å². The highest BCUT2D eigenvalue weighted by molar-refractivity contribution is 6.03. The van der Waals surface area contributed by atoms with Crippen molar-refractivity contribution in [3.63, 3.8) is 0 Å². The van der Waals surface area contributed by atoms with Gasteiger partial charge in [0.1, 0.15) is 0 Å². The van der Waals surface area contributed by atoms with Crippen molar-refractivity contribution < 1.29 is 9.13 Å². The quantitative estimate of drug-likeness (QED) is 0.204. The molecule has 0 N–H and O–H groups in total. The Morgan fingerprint density at radius 2 is 1.02 bits per heavy atom. The van der Waals surface area contributed by atoms with E-state index in [-0.39, 0.29) is 12.1 Å². The molecule has 4 heteroatoms. The summed E-state index contributed by atoms with van der Waals surface area (Å²) < 4.78 is 4.66. The van der Waals surface area contributed by atoms with Crippen LogP contribution in [0.5, 0.6) is 0 Å². The normalized spacial score (nSPS) is 19.3. The third kappa shape index (κ3) is 4.73. The number of fused-ring (bicyclic) bond motifs is 2. The van der Waals surface area contributed by atoms with Crippen LogP contribution in [-0.4, -0.2) is 11.7 Å². The Kier molecular flexibility index (Phi) is 7.19. The Morgan fingerprint density at radius 1 is 0.634 bits per heavy atom. The molecule has 6 rings (SSSR count). The van der Waals surface area contributed by atoms with Crippen molar-refractivity contribution in [3.05, 3.63) is 131 Å². The maximum absolute atomic E-state index is 5.48. The molecule has 0 fully saturated rings. The van der Waals surface area contributed by atoms with E-state index in [0.717, 1.165) is 24.5 Å². The van der Waals surface area contributed by atoms with E-state index in [0.29, 0.717) is 11.8 Å². The number of nitrogens with zero attached hydrogens (tertiary/aromatic N) is 4. The highest BCUT2D eigenvalue weighted by Crippen LogP contribution is 2.37. The molecule has 2 aromatic heterocycles. The number of pyridine rings is 2. The van der Waals surface area contributed by atoms with Gasteiger partial charge in [-0.3, -0.25) is 0 Å². The molecule has 4 nitrogen and oxygen atoms in total. The molecule has 2 aliphatic heterocycles. The maximum Gasteiger partial charge on any atom is 0.316 e. The van der Waals surface area contributed by atoms with Crippen LogP contribution < -0.4 is 9.13 Å². The van der Waals surface area contributed by atoms with Crippen molar-refractivity contribution in [3.8, 4) is 0 Å². The Bertz CT molecular complexity index is 1500. The minimum atomic E-state index is -0.443. The zero-order valence-corrected chi connectivity index (χ0v) is 25.3. The molecule has 0 saturated carbocycles. The average molecular weight is 543 g/mol.